The van der Waals surface area contributed by atoms with Crippen molar-refractivity contribution >= 4 is 11.3 Å². The zero-order chi connectivity index (χ0) is 12.3. The first-order valence-corrected chi connectivity index (χ1v) is 6.66. The first kappa shape index (κ1) is 12.3. The highest BCUT2D eigenvalue weighted by atomic mass is 32.1. The molecule has 2 heterocycles. The second-order valence-corrected chi connectivity index (χ2v) is 5.20. The van der Waals surface area contributed by atoms with Gasteiger partial charge in [-0.25, -0.2) is 0 Å². The van der Waals surface area contributed by atoms with E-state index in [9.17, 15) is 0 Å². The molecule has 17 heavy (non-hydrogen) atoms. The molecule has 0 radical (unpaired) electrons. The molecule has 0 saturated heterocycles. The van der Waals surface area contributed by atoms with Gasteiger partial charge in [-0.1, -0.05) is 0 Å². The fourth-order valence-corrected chi connectivity index (χ4v) is 2.81. The van der Waals surface area contributed by atoms with Crippen molar-refractivity contribution in [3.8, 4) is 0 Å². The first-order valence-electron chi connectivity index (χ1n) is 5.78. The molecule has 1 unspecified atom stereocenters. The molecule has 2 rings (SSSR count). The molecule has 5 heteroatoms. The minimum Gasteiger partial charge on any atom is -0.321 e. The predicted molar refractivity (Wildman–Crippen MR) is 70.2 cm³/mol. The summed E-state index contributed by atoms with van der Waals surface area (Å²) in [7, 11) is 1.97. The van der Waals surface area contributed by atoms with Crippen LogP contribution in [0.4, 0.5) is 0 Å². The fourth-order valence-electron chi connectivity index (χ4n) is 1.85. The normalized spacial score (nSPS) is 12.9. The van der Waals surface area contributed by atoms with E-state index in [1.807, 2.05) is 23.0 Å². The van der Waals surface area contributed by atoms with Gasteiger partial charge in [0.05, 0.1) is 0 Å². The molecule has 0 aromatic carbocycles. The van der Waals surface area contributed by atoms with Crippen molar-refractivity contribution in [3.05, 3.63) is 34.0 Å². The molecular formula is C12H18N4S. The Bertz CT molecular complexity index is 474. The van der Waals surface area contributed by atoms with Gasteiger partial charge in [0.15, 0.2) is 0 Å². The quantitative estimate of drug-likeness (QED) is 0.883. The summed E-state index contributed by atoms with van der Waals surface area (Å²) in [6, 6.07) is 2.57. The van der Waals surface area contributed by atoms with Crippen LogP contribution in [-0.4, -0.2) is 21.3 Å². The van der Waals surface area contributed by atoms with Gasteiger partial charge in [0.2, 0.25) is 0 Å². The van der Waals surface area contributed by atoms with E-state index in [0.29, 0.717) is 6.04 Å². The number of rotatable bonds is 5. The molecule has 0 aliphatic carbocycles. The summed E-state index contributed by atoms with van der Waals surface area (Å²) in [5.41, 5.74) is 1.37. The Morgan fingerprint density at radius 3 is 2.94 bits per heavy atom. The summed E-state index contributed by atoms with van der Waals surface area (Å²) >= 11 is 1.81. The molecule has 0 aliphatic rings. The zero-order valence-corrected chi connectivity index (χ0v) is 11.3. The second kappa shape index (κ2) is 5.42. The monoisotopic (exact) mass is 250 g/mol. The molecule has 1 atom stereocenters. The van der Waals surface area contributed by atoms with Crippen molar-refractivity contribution in [2.75, 3.05) is 6.54 Å². The van der Waals surface area contributed by atoms with Crippen LogP contribution >= 0.6 is 11.3 Å². The Hall–Kier alpha value is -1.20. The molecule has 0 fully saturated rings. The molecule has 0 spiro atoms. The van der Waals surface area contributed by atoms with Crippen molar-refractivity contribution in [3.63, 3.8) is 0 Å². The van der Waals surface area contributed by atoms with E-state index >= 15 is 0 Å². The largest absolute Gasteiger partial charge is 0.321 e. The van der Waals surface area contributed by atoms with Crippen LogP contribution in [0.1, 0.15) is 29.2 Å². The smallest absolute Gasteiger partial charge is 0.133 e. The van der Waals surface area contributed by atoms with Gasteiger partial charge in [-0.15, -0.1) is 21.5 Å². The minimum absolute atomic E-state index is 0.406. The number of thiophene rings is 1. The van der Waals surface area contributed by atoms with Crippen LogP contribution in [0.2, 0.25) is 0 Å². The molecule has 0 saturated carbocycles. The van der Waals surface area contributed by atoms with E-state index in [2.05, 4.69) is 40.8 Å². The van der Waals surface area contributed by atoms with Crippen molar-refractivity contribution in [2.45, 2.75) is 26.3 Å². The van der Waals surface area contributed by atoms with E-state index in [-0.39, 0.29) is 0 Å². The molecule has 2 aromatic heterocycles. The predicted octanol–water partition coefficient (Wildman–Crippen LogP) is 2.08. The lowest BCUT2D eigenvalue weighted by Crippen LogP contribution is -2.22. The van der Waals surface area contributed by atoms with E-state index < -0.39 is 0 Å². The number of hydrogen-bond donors (Lipinski definition) is 1. The number of nitrogens with zero attached hydrogens (tertiary/aromatic N) is 3. The highest BCUT2D eigenvalue weighted by molar-refractivity contribution is 7.10. The summed E-state index contributed by atoms with van der Waals surface area (Å²) in [6.45, 7) is 5.28. The van der Waals surface area contributed by atoms with Gasteiger partial charge < -0.3 is 9.88 Å². The van der Waals surface area contributed by atoms with Crippen molar-refractivity contribution in [1.82, 2.24) is 20.1 Å². The van der Waals surface area contributed by atoms with Crippen LogP contribution in [0.3, 0.4) is 0 Å². The van der Waals surface area contributed by atoms with Crippen LogP contribution in [0, 0.1) is 6.92 Å². The Morgan fingerprint density at radius 1 is 1.53 bits per heavy atom. The molecule has 2 aromatic rings. The van der Waals surface area contributed by atoms with Gasteiger partial charge in [0.1, 0.15) is 12.2 Å². The summed E-state index contributed by atoms with van der Waals surface area (Å²) in [5, 5.41) is 13.6. The molecule has 4 nitrogen and oxygen atoms in total. The fraction of sp³-hybridized carbons (Fsp3) is 0.500. The van der Waals surface area contributed by atoms with E-state index in [4.69, 9.17) is 0 Å². The standard InChI is InChI=1S/C12H18N4S/c1-9-5-7-17-12(9)10(2)13-6-4-11-15-14-8-16(11)3/h5,7-8,10,13H,4,6H2,1-3H3. The Kier molecular flexibility index (Phi) is 3.91. The van der Waals surface area contributed by atoms with E-state index in [1.54, 1.807) is 6.33 Å². The molecule has 1 N–H and O–H groups in total. The number of aryl methyl sites for hydroxylation is 2. The summed E-state index contributed by atoms with van der Waals surface area (Å²) in [4.78, 5) is 1.42. The van der Waals surface area contributed by atoms with Gasteiger partial charge in [-0.05, 0) is 30.9 Å². The molecule has 92 valence electrons. The molecule has 0 amide bonds. The van der Waals surface area contributed by atoms with Crippen molar-refractivity contribution in [2.24, 2.45) is 7.05 Å². The van der Waals surface area contributed by atoms with Gasteiger partial charge in [0.25, 0.3) is 0 Å². The van der Waals surface area contributed by atoms with Crippen molar-refractivity contribution in [1.29, 1.82) is 0 Å². The van der Waals surface area contributed by atoms with Gasteiger partial charge in [-0.2, -0.15) is 0 Å². The molecular weight excluding hydrogens is 232 g/mol. The third-order valence-corrected chi connectivity index (χ3v) is 4.10. The highest BCUT2D eigenvalue weighted by Crippen LogP contribution is 2.23. The minimum atomic E-state index is 0.406. The van der Waals surface area contributed by atoms with Crippen LogP contribution in [0.25, 0.3) is 0 Å². The summed E-state index contributed by atoms with van der Waals surface area (Å²) < 4.78 is 1.96. The number of nitrogens with one attached hydrogen (secondary N) is 1. The van der Waals surface area contributed by atoms with Crippen LogP contribution in [-0.2, 0) is 13.5 Å². The lowest BCUT2D eigenvalue weighted by Gasteiger charge is -2.13. The zero-order valence-electron chi connectivity index (χ0n) is 10.5. The lowest BCUT2D eigenvalue weighted by molar-refractivity contribution is 0.569. The number of aromatic nitrogens is 3. The topological polar surface area (TPSA) is 42.7 Å². The number of hydrogen-bond acceptors (Lipinski definition) is 4. The molecule has 0 bridgehead atoms. The highest BCUT2D eigenvalue weighted by Gasteiger charge is 2.09. The SMILES string of the molecule is Cc1ccsc1C(C)NCCc1nncn1C. The maximum Gasteiger partial charge on any atom is 0.133 e. The average molecular weight is 250 g/mol. The maximum absolute atomic E-state index is 4.07. The lowest BCUT2D eigenvalue weighted by atomic mass is 10.2. The van der Waals surface area contributed by atoms with Crippen molar-refractivity contribution < 1.29 is 0 Å². The first-order chi connectivity index (χ1) is 8.18. The van der Waals surface area contributed by atoms with Gasteiger partial charge in [-0.3, -0.25) is 0 Å². The van der Waals surface area contributed by atoms with Crippen LogP contribution < -0.4 is 5.32 Å². The Morgan fingerprint density at radius 2 is 2.35 bits per heavy atom. The van der Waals surface area contributed by atoms with Crippen LogP contribution in [0.5, 0.6) is 0 Å². The van der Waals surface area contributed by atoms with E-state index in [1.165, 1.54) is 10.4 Å². The summed E-state index contributed by atoms with van der Waals surface area (Å²) in [5.74, 6) is 1.02. The molecule has 0 aliphatic heterocycles. The third-order valence-electron chi connectivity index (χ3n) is 2.90. The van der Waals surface area contributed by atoms with Crippen LogP contribution in [0.15, 0.2) is 17.8 Å². The van der Waals surface area contributed by atoms with Gasteiger partial charge >= 0.3 is 0 Å². The third kappa shape index (κ3) is 2.92. The average Bonchev–Trinajstić information content (AvgIpc) is 2.88. The van der Waals surface area contributed by atoms with E-state index in [0.717, 1.165) is 18.8 Å². The summed E-state index contributed by atoms with van der Waals surface area (Å²) in [6.07, 6.45) is 2.65. The van der Waals surface area contributed by atoms with Gasteiger partial charge in [0, 0.05) is 30.9 Å². The Balaban J connectivity index is 1.83. The Labute approximate surface area is 106 Å². The second-order valence-electron chi connectivity index (χ2n) is 4.25. The maximum atomic E-state index is 4.07.